The van der Waals surface area contributed by atoms with Crippen LogP contribution in [0, 0.1) is 13.1 Å². The Morgan fingerprint density at radius 1 is 0.750 bits per heavy atom. The third-order valence-electron chi connectivity index (χ3n) is 9.79. The SMILES string of the molecule is [C-]#[N+]c1ccc2c(c1)c(Br)cn2-c1ccc(OC)cc1CCO.[C-]#[N+]c1ccc2c(ccn2-c2ccc(OC)cc2CCO[Si](C)(C)C(C)(C)C)c1. The van der Waals surface area contributed by atoms with Gasteiger partial charge in [-0.05, 0) is 130 Å². The van der Waals surface area contributed by atoms with Crippen molar-refractivity contribution in [2.45, 2.75) is 51.7 Å². The summed E-state index contributed by atoms with van der Waals surface area (Å²) in [4.78, 5) is 7.02. The number of aliphatic hydroxyl groups excluding tert-OH is 1. The summed E-state index contributed by atoms with van der Waals surface area (Å²) in [5.74, 6) is 1.62. The van der Waals surface area contributed by atoms with Crippen molar-refractivity contribution in [2.24, 2.45) is 0 Å². The lowest BCUT2D eigenvalue weighted by Gasteiger charge is -2.36. The van der Waals surface area contributed by atoms with Crippen molar-refractivity contribution in [3.05, 3.63) is 130 Å². The molecule has 0 radical (unpaired) electrons. The Morgan fingerprint density at radius 2 is 1.33 bits per heavy atom. The van der Waals surface area contributed by atoms with Gasteiger partial charge in [0.2, 0.25) is 0 Å². The van der Waals surface area contributed by atoms with Crippen molar-refractivity contribution in [2.75, 3.05) is 27.4 Å². The number of benzene rings is 4. The monoisotopic (exact) mass is 776 g/mol. The van der Waals surface area contributed by atoms with Gasteiger partial charge in [0.25, 0.3) is 0 Å². The average Bonchev–Trinajstić information content (AvgIpc) is 3.71. The highest BCUT2D eigenvalue weighted by Gasteiger charge is 2.37. The molecule has 0 atom stereocenters. The number of aromatic nitrogens is 2. The van der Waals surface area contributed by atoms with Crippen molar-refractivity contribution in [3.8, 4) is 22.9 Å². The Kier molecular flexibility index (Phi) is 12.0. The zero-order valence-corrected chi connectivity index (χ0v) is 33.4. The molecule has 2 heterocycles. The Balaban J connectivity index is 0.000000206. The molecule has 0 fully saturated rings. The molecule has 0 bridgehead atoms. The van der Waals surface area contributed by atoms with Crippen LogP contribution in [-0.4, -0.2) is 50.0 Å². The predicted molar refractivity (Wildman–Crippen MR) is 218 cm³/mol. The number of fused-ring (bicyclic) bond motifs is 2. The molecule has 52 heavy (non-hydrogen) atoms. The van der Waals surface area contributed by atoms with Crippen LogP contribution in [0.25, 0.3) is 42.9 Å². The maximum Gasteiger partial charge on any atom is 0.191 e. The topological polar surface area (TPSA) is 66.5 Å². The lowest BCUT2D eigenvalue weighted by atomic mass is 10.1. The molecule has 0 unspecified atom stereocenters. The summed E-state index contributed by atoms with van der Waals surface area (Å²) in [7, 11) is 1.54. The van der Waals surface area contributed by atoms with E-state index >= 15 is 0 Å². The number of hydrogen-bond donors (Lipinski definition) is 1. The lowest BCUT2D eigenvalue weighted by molar-refractivity contribution is 0.291. The van der Waals surface area contributed by atoms with E-state index in [1.807, 2.05) is 66.9 Å². The molecule has 0 amide bonds. The fraction of sp³-hybridized carbons (Fsp3) is 0.286. The van der Waals surface area contributed by atoms with Gasteiger partial charge in [-0.3, -0.25) is 0 Å². The number of nitrogens with zero attached hydrogens (tertiary/aromatic N) is 4. The number of hydrogen-bond acceptors (Lipinski definition) is 4. The van der Waals surface area contributed by atoms with Crippen LogP contribution in [0.5, 0.6) is 11.5 Å². The first-order valence-corrected chi connectivity index (χ1v) is 20.8. The van der Waals surface area contributed by atoms with Crippen LogP contribution in [0.3, 0.4) is 0 Å². The van der Waals surface area contributed by atoms with Crippen LogP contribution in [0.15, 0.2) is 95.7 Å². The first-order valence-electron chi connectivity index (χ1n) is 17.1. The van der Waals surface area contributed by atoms with E-state index in [9.17, 15) is 5.11 Å². The second-order valence-electron chi connectivity index (χ2n) is 14.0. The molecule has 1 N–H and O–H groups in total. The molecular formula is C42H45BrN4O4Si. The zero-order valence-electron chi connectivity index (χ0n) is 30.8. The van der Waals surface area contributed by atoms with Gasteiger partial charge in [0.1, 0.15) is 11.5 Å². The van der Waals surface area contributed by atoms with E-state index in [-0.39, 0.29) is 11.6 Å². The minimum atomic E-state index is -1.78. The highest BCUT2D eigenvalue weighted by molar-refractivity contribution is 9.10. The van der Waals surface area contributed by atoms with Crippen molar-refractivity contribution in [3.63, 3.8) is 0 Å². The Labute approximate surface area is 316 Å². The van der Waals surface area contributed by atoms with Crippen LogP contribution in [0.2, 0.25) is 18.1 Å². The Morgan fingerprint density at radius 3 is 1.90 bits per heavy atom. The third kappa shape index (κ3) is 8.27. The van der Waals surface area contributed by atoms with Gasteiger partial charge < -0.3 is 28.1 Å². The van der Waals surface area contributed by atoms with E-state index in [4.69, 9.17) is 27.0 Å². The lowest BCUT2D eigenvalue weighted by Crippen LogP contribution is -2.41. The van der Waals surface area contributed by atoms with E-state index in [0.29, 0.717) is 24.4 Å². The molecule has 10 heteroatoms. The van der Waals surface area contributed by atoms with E-state index in [1.54, 1.807) is 14.2 Å². The van der Waals surface area contributed by atoms with Crippen LogP contribution in [0.4, 0.5) is 11.4 Å². The van der Waals surface area contributed by atoms with Crippen molar-refractivity contribution in [1.82, 2.24) is 9.13 Å². The minimum Gasteiger partial charge on any atom is -0.497 e. The number of methoxy groups -OCH3 is 2. The Hall–Kier alpha value is -4.84. The predicted octanol–water partition coefficient (Wildman–Crippen LogP) is 11.2. The first kappa shape index (κ1) is 38.4. The molecule has 0 saturated carbocycles. The number of aliphatic hydroxyl groups is 1. The average molecular weight is 778 g/mol. The highest BCUT2D eigenvalue weighted by atomic mass is 79.9. The van der Waals surface area contributed by atoms with Gasteiger partial charge in [0.05, 0.1) is 38.4 Å². The first-order chi connectivity index (χ1) is 24.8. The van der Waals surface area contributed by atoms with Crippen molar-refractivity contribution in [1.29, 1.82) is 0 Å². The molecule has 0 aliphatic rings. The molecular weight excluding hydrogens is 732 g/mol. The summed E-state index contributed by atoms with van der Waals surface area (Å²) < 4.78 is 22.4. The molecule has 0 saturated heterocycles. The second-order valence-corrected chi connectivity index (χ2v) is 19.7. The fourth-order valence-electron chi connectivity index (χ4n) is 5.86. The summed E-state index contributed by atoms with van der Waals surface area (Å²) in [6.45, 7) is 26.5. The molecule has 4 aromatic carbocycles. The molecule has 0 spiro atoms. The minimum absolute atomic E-state index is 0.0718. The third-order valence-corrected chi connectivity index (χ3v) is 15.0. The molecule has 2 aromatic heterocycles. The van der Waals surface area contributed by atoms with Gasteiger partial charge in [-0.2, -0.15) is 0 Å². The number of ether oxygens (including phenoxy) is 2. The van der Waals surface area contributed by atoms with Gasteiger partial charge in [-0.25, -0.2) is 9.69 Å². The van der Waals surface area contributed by atoms with Crippen LogP contribution < -0.4 is 9.47 Å². The van der Waals surface area contributed by atoms with E-state index in [2.05, 4.69) is 93.0 Å². The summed E-state index contributed by atoms with van der Waals surface area (Å²) in [6.07, 6.45) is 5.42. The van der Waals surface area contributed by atoms with Crippen LogP contribution in [0.1, 0.15) is 31.9 Å². The summed E-state index contributed by atoms with van der Waals surface area (Å²) >= 11 is 3.57. The van der Waals surface area contributed by atoms with E-state index < -0.39 is 8.32 Å². The van der Waals surface area contributed by atoms with Crippen LogP contribution in [-0.2, 0) is 17.3 Å². The molecule has 6 aromatic rings. The quantitative estimate of drug-likeness (QED) is 0.111. The summed E-state index contributed by atoms with van der Waals surface area (Å²) in [5, 5.41) is 11.6. The smallest absolute Gasteiger partial charge is 0.191 e. The van der Waals surface area contributed by atoms with Gasteiger partial charge in [-0.15, -0.1) is 0 Å². The summed E-state index contributed by atoms with van der Waals surface area (Å²) in [6, 6.07) is 25.5. The summed E-state index contributed by atoms with van der Waals surface area (Å²) in [5.41, 5.74) is 7.68. The second kappa shape index (κ2) is 16.2. The maximum absolute atomic E-state index is 9.35. The van der Waals surface area contributed by atoms with E-state index in [1.165, 1.54) is 5.56 Å². The van der Waals surface area contributed by atoms with Crippen molar-refractivity contribution >= 4 is 57.4 Å². The fourth-order valence-corrected chi connectivity index (χ4v) is 7.43. The Bertz CT molecular complexity index is 2290. The molecule has 0 aliphatic carbocycles. The van der Waals surface area contributed by atoms with Crippen molar-refractivity contribution < 1.29 is 19.0 Å². The standard InChI is InChI=1S/C24H30N2O2Si.C18H15BrN2O2/c1-24(2,3)29(6,7)28-15-13-19-17-21(27-5)9-11-23(19)26-14-12-18-16-20(25-4)8-10-22(18)26;1-20-13-3-5-18-15(10-13)16(19)11-21(18)17-6-4-14(23-2)9-12(17)7-8-22/h8-12,14,16-17H,13,15H2,1-3,5-7H3;3-6,9-11,22H,7-8H2,2H3. The molecule has 6 rings (SSSR count). The normalized spacial score (nSPS) is 11.5. The number of rotatable bonds is 10. The zero-order chi connectivity index (χ0) is 37.6. The van der Waals surface area contributed by atoms with Crippen LogP contribution >= 0.6 is 15.9 Å². The van der Waals surface area contributed by atoms with Gasteiger partial charge in [0, 0.05) is 46.8 Å². The van der Waals surface area contributed by atoms with Gasteiger partial charge >= 0.3 is 0 Å². The molecule has 8 nitrogen and oxygen atoms in total. The molecule has 268 valence electrons. The number of halogens is 1. The highest BCUT2D eigenvalue weighted by Crippen LogP contribution is 2.37. The molecule has 0 aliphatic heterocycles. The maximum atomic E-state index is 9.35. The largest absolute Gasteiger partial charge is 0.497 e. The van der Waals surface area contributed by atoms with Gasteiger partial charge in [-0.1, -0.05) is 32.9 Å². The van der Waals surface area contributed by atoms with Gasteiger partial charge in [0.15, 0.2) is 19.7 Å². The van der Waals surface area contributed by atoms with E-state index in [0.717, 1.165) is 61.1 Å².